The SMILES string of the molecule is O=C(Nc1cc(-n2cncn2)ncn1)C1CCCO1. The Bertz CT molecular complexity index is 564. The van der Waals surface area contributed by atoms with Crippen LogP contribution in [0.5, 0.6) is 0 Å². The number of hydrogen-bond acceptors (Lipinski definition) is 6. The third-order valence-corrected chi connectivity index (χ3v) is 2.78. The first-order chi connectivity index (χ1) is 9.33. The van der Waals surface area contributed by atoms with Crippen LogP contribution in [0.25, 0.3) is 5.82 Å². The van der Waals surface area contributed by atoms with E-state index in [0.29, 0.717) is 18.2 Å². The third-order valence-electron chi connectivity index (χ3n) is 2.78. The number of nitrogens with one attached hydrogen (secondary N) is 1. The maximum Gasteiger partial charge on any atom is 0.254 e. The minimum Gasteiger partial charge on any atom is -0.368 e. The lowest BCUT2D eigenvalue weighted by atomic mass is 10.2. The lowest BCUT2D eigenvalue weighted by molar-refractivity contribution is -0.124. The molecule has 1 N–H and O–H groups in total. The minimum atomic E-state index is -0.384. The van der Waals surface area contributed by atoms with Gasteiger partial charge >= 0.3 is 0 Å². The first-order valence-electron chi connectivity index (χ1n) is 5.92. The lowest BCUT2D eigenvalue weighted by Gasteiger charge is -2.10. The lowest BCUT2D eigenvalue weighted by Crippen LogP contribution is -2.27. The van der Waals surface area contributed by atoms with Crippen LogP contribution < -0.4 is 5.32 Å². The van der Waals surface area contributed by atoms with Crippen molar-refractivity contribution in [3.05, 3.63) is 25.0 Å². The summed E-state index contributed by atoms with van der Waals surface area (Å²) in [7, 11) is 0. The smallest absolute Gasteiger partial charge is 0.254 e. The molecule has 1 saturated heterocycles. The molecule has 0 bridgehead atoms. The Balaban J connectivity index is 1.74. The van der Waals surface area contributed by atoms with Gasteiger partial charge in [-0.3, -0.25) is 4.79 Å². The maximum absolute atomic E-state index is 11.9. The molecule has 3 heterocycles. The van der Waals surface area contributed by atoms with E-state index in [0.717, 1.165) is 12.8 Å². The first-order valence-corrected chi connectivity index (χ1v) is 5.92. The molecular weight excluding hydrogens is 248 g/mol. The maximum atomic E-state index is 11.9. The summed E-state index contributed by atoms with van der Waals surface area (Å²) in [5.41, 5.74) is 0. The molecule has 0 radical (unpaired) electrons. The minimum absolute atomic E-state index is 0.180. The van der Waals surface area contributed by atoms with Crippen molar-refractivity contribution in [2.45, 2.75) is 18.9 Å². The van der Waals surface area contributed by atoms with Gasteiger partial charge in [-0.2, -0.15) is 5.10 Å². The fraction of sp³-hybridized carbons (Fsp3) is 0.364. The number of rotatable bonds is 3. The van der Waals surface area contributed by atoms with Crippen LogP contribution in [0.3, 0.4) is 0 Å². The average molecular weight is 260 g/mol. The zero-order valence-electron chi connectivity index (χ0n) is 10.1. The van der Waals surface area contributed by atoms with Crippen LogP contribution in [-0.4, -0.2) is 43.4 Å². The Labute approximate surface area is 108 Å². The second kappa shape index (κ2) is 5.11. The van der Waals surface area contributed by atoms with Crippen molar-refractivity contribution in [1.29, 1.82) is 0 Å². The van der Waals surface area contributed by atoms with Crippen molar-refractivity contribution in [1.82, 2.24) is 24.7 Å². The molecule has 2 aromatic rings. The van der Waals surface area contributed by atoms with Crippen LogP contribution >= 0.6 is 0 Å². The van der Waals surface area contributed by atoms with Gasteiger partial charge in [0.2, 0.25) is 0 Å². The Kier molecular flexibility index (Phi) is 3.15. The van der Waals surface area contributed by atoms with Gasteiger partial charge in [-0.15, -0.1) is 0 Å². The van der Waals surface area contributed by atoms with Crippen molar-refractivity contribution in [2.24, 2.45) is 0 Å². The van der Waals surface area contributed by atoms with Gasteiger partial charge in [-0.1, -0.05) is 0 Å². The number of hydrogen-bond donors (Lipinski definition) is 1. The van der Waals surface area contributed by atoms with E-state index in [2.05, 4.69) is 25.4 Å². The van der Waals surface area contributed by atoms with E-state index in [4.69, 9.17) is 4.74 Å². The number of carbonyl (C=O) groups excluding carboxylic acids is 1. The fourth-order valence-corrected chi connectivity index (χ4v) is 1.86. The Hall–Kier alpha value is -2.35. The van der Waals surface area contributed by atoms with Gasteiger partial charge in [-0.05, 0) is 12.8 Å². The molecule has 0 saturated carbocycles. The Morgan fingerprint density at radius 3 is 3.11 bits per heavy atom. The van der Waals surface area contributed by atoms with Crippen molar-refractivity contribution < 1.29 is 9.53 Å². The summed E-state index contributed by atoms with van der Waals surface area (Å²) in [6.07, 6.45) is 5.56. The predicted molar refractivity (Wildman–Crippen MR) is 64.6 cm³/mol. The molecule has 2 aromatic heterocycles. The summed E-state index contributed by atoms with van der Waals surface area (Å²) < 4.78 is 6.80. The van der Waals surface area contributed by atoms with E-state index in [1.165, 1.54) is 23.7 Å². The molecular formula is C11H12N6O2. The number of carbonyl (C=O) groups is 1. The van der Waals surface area contributed by atoms with Crippen LogP contribution in [0.2, 0.25) is 0 Å². The predicted octanol–water partition coefficient (Wildman–Crippen LogP) is 0.175. The number of aromatic nitrogens is 5. The normalized spacial score (nSPS) is 18.4. The summed E-state index contributed by atoms with van der Waals surface area (Å²) >= 11 is 0. The standard InChI is InChI=1S/C11H12N6O2/c18-11(8-2-1-3-19-8)16-9-4-10(14-6-13-9)17-7-12-5-15-17/h4-8H,1-3H2,(H,13,14,16,18). The van der Waals surface area contributed by atoms with Gasteiger partial charge in [0.25, 0.3) is 5.91 Å². The number of anilines is 1. The summed E-state index contributed by atoms with van der Waals surface area (Å²) in [5.74, 6) is 0.775. The van der Waals surface area contributed by atoms with Gasteiger partial charge in [0, 0.05) is 12.7 Å². The molecule has 1 aliphatic rings. The van der Waals surface area contributed by atoms with Gasteiger partial charge in [0.05, 0.1) is 0 Å². The monoisotopic (exact) mass is 260 g/mol. The van der Waals surface area contributed by atoms with Crippen LogP contribution in [0.4, 0.5) is 5.82 Å². The van der Waals surface area contributed by atoms with Crippen LogP contribution in [0, 0.1) is 0 Å². The molecule has 1 unspecified atom stereocenters. The molecule has 0 aliphatic carbocycles. The summed E-state index contributed by atoms with van der Waals surface area (Å²) in [4.78, 5) is 23.8. The molecule has 0 aromatic carbocycles. The molecule has 0 spiro atoms. The van der Waals surface area contributed by atoms with Crippen molar-refractivity contribution in [2.75, 3.05) is 11.9 Å². The Morgan fingerprint density at radius 2 is 2.37 bits per heavy atom. The van der Waals surface area contributed by atoms with E-state index in [-0.39, 0.29) is 12.0 Å². The van der Waals surface area contributed by atoms with Crippen LogP contribution in [0.1, 0.15) is 12.8 Å². The zero-order valence-corrected chi connectivity index (χ0v) is 10.1. The highest BCUT2D eigenvalue weighted by Gasteiger charge is 2.23. The zero-order chi connectivity index (χ0) is 13.1. The van der Waals surface area contributed by atoms with Gasteiger partial charge in [0.1, 0.15) is 30.9 Å². The number of amides is 1. The van der Waals surface area contributed by atoms with E-state index in [1.807, 2.05) is 0 Å². The molecule has 1 fully saturated rings. The second-order valence-electron chi connectivity index (χ2n) is 4.09. The quantitative estimate of drug-likeness (QED) is 0.845. The van der Waals surface area contributed by atoms with Crippen molar-refractivity contribution in [3.63, 3.8) is 0 Å². The van der Waals surface area contributed by atoms with Gasteiger partial charge < -0.3 is 10.1 Å². The highest BCUT2D eigenvalue weighted by molar-refractivity contribution is 5.93. The number of nitrogens with zero attached hydrogens (tertiary/aromatic N) is 5. The fourth-order valence-electron chi connectivity index (χ4n) is 1.86. The molecule has 3 rings (SSSR count). The second-order valence-corrected chi connectivity index (χ2v) is 4.09. The molecule has 19 heavy (non-hydrogen) atoms. The first kappa shape index (κ1) is 11.7. The summed E-state index contributed by atoms with van der Waals surface area (Å²) in [5, 5.41) is 6.67. The molecule has 1 atom stereocenters. The molecule has 1 aliphatic heterocycles. The molecule has 8 nitrogen and oxygen atoms in total. The van der Waals surface area contributed by atoms with E-state index in [1.54, 1.807) is 6.07 Å². The van der Waals surface area contributed by atoms with Gasteiger partial charge in [-0.25, -0.2) is 19.6 Å². The highest BCUT2D eigenvalue weighted by atomic mass is 16.5. The molecule has 1 amide bonds. The summed E-state index contributed by atoms with van der Waals surface area (Å²) in [6, 6.07) is 1.63. The average Bonchev–Trinajstić information content (AvgIpc) is 3.13. The largest absolute Gasteiger partial charge is 0.368 e. The highest BCUT2D eigenvalue weighted by Crippen LogP contribution is 2.14. The van der Waals surface area contributed by atoms with Gasteiger partial charge in [0.15, 0.2) is 5.82 Å². The number of ether oxygens (including phenoxy) is 1. The van der Waals surface area contributed by atoms with Crippen LogP contribution in [0.15, 0.2) is 25.0 Å². The summed E-state index contributed by atoms with van der Waals surface area (Å²) in [6.45, 7) is 0.631. The van der Waals surface area contributed by atoms with E-state index >= 15 is 0 Å². The van der Waals surface area contributed by atoms with Crippen LogP contribution in [-0.2, 0) is 9.53 Å². The van der Waals surface area contributed by atoms with Crippen molar-refractivity contribution in [3.8, 4) is 5.82 Å². The van der Waals surface area contributed by atoms with E-state index in [9.17, 15) is 4.79 Å². The van der Waals surface area contributed by atoms with E-state index < -0.39 is 0 Å². The topological polar surface area (TPSA) is 94.8 Å². The Morgan fingerprint density at radius 1 is 1.42 bits per heavy atom. The molecule has 98 valence electrons. The molecule has 8 heteroatoms. The van der Waals surface area contributed by atoms with Crippen molar-refractivity contribution >= 4 is 11.7 Å². The third kappa shape index (κ3) is 2.58.